The van der Waals surface area contributed by atoms with Crippen LogP contribution in [-0.2, 0) is 20.7 Å². The number of ether oxygens (including phenoxy) is 2. The number of nitrogens with zero attached hydrogens (tertiary/aromatic N) is 1. The standard InChI is InChI=1S/C26H22N2O5/c1-31-22-14-8-13-20(15-22)27-25(30)24(18-9-4-2-5-10-18)33-23(29)16-21-17-32-26(28-21)19-11-6-3-7-12-19/h2-15,17,24H,16H2,1H3,(H,27,30). The molecule has 166 valence electrons. The zero-order valence-corrected chi connectivity index (χ0v) is 17.9. The van der Waals surface area contributed by atoms with Crippen molar-refractivity contribution in [3.63, 3.8) is 0 Å². The molecule has 1 heterocycles. The number of carbonyl (C=O) groups excluding carboxylic acids is 2. The van der Waals surface area contributed by atoms with Crippen molar-refractivity contribution in [1.29, 1.82) is 0 Å². The fraction of sp³-hybridized carbons (Fsp3) is 0.115. The Hall–Kier alpha value is -4.39. The molecule has 7 nitrogen and oxygen atoms in total. The van der Waals surface area contributed by atoms with Gasteiger partial charge in [0.1, 0.15) is 12.0 Å². The number of hydrogen-bond acceptors (Lipinski definition) is 6. The fourth-order valence-electron chi connectivity index (χ4n) is 3.23. The quantitative estimate of drug-likeness (QED) is 0.394. The predicted octanol–water partition coefficient (Wildman–Crippen LogP) is 4.82. The number of carbonyl (C=O) groups is 2. The number of amides is 1. The van der Waals surface area contributed by atoms with Crippen LogP contribution < -0.4 is 10.1 Å². The first-order chi connectivity index (χ1) is 16.1. The first-order valence-corrected chi connectivity index (χ1v) is 10.3. The Labute approximate surface area is 191 Å². The molecule has 4 rings (SSSR count). The molecule has 4 aromatic rings. The summed E-state index contributed by atoms with van der Waals surface area (Å²) in [4.78, 5) is 30.1. The topological polar surface area (TPSA) is 90.7 Å². The van der Waals surface area contributed by atoms with Crippen molar-refractivity contribution < 1.29 is 23.5 Å². The molecule has 1 aromatic heterocycles. The summed E-state index contributed by atoms with van der Waals surface area (Å²) >= 11 is 0. The number of nitrogens with one attached hydrogen (secondary N) is 1. The monoisotopic (exact) mass is 442 g/mol. The minimum atomic E-state index is -1.13. The summed E-state index contributed by atoms with van der Waals surface area (Å²) in [7, 11) is 1.54. The van der Waals surface area contributed by atoms with Gasteiger partial charge in [-0.1, -0.05) is 54.6 Å². The zero-order valence-electron chi connectivity index (χ0n) is 17.9. The van der Waals surface area contributed by atoms with Crippen LogP contribution in [0.3, 0.4) is 0 Å². The summed E-state index contributed by atoms with van der Waals surface area (Å²) in [6, 6.07) is 25.1. The van der Waals surface area contributed by atoms with E-state index >= 15 is 0 Å². The van der Waals surface area contributed by atoms with Crippen molar-refractivity contribution in [3.8, 4) is 17.2 Å². The van der Waals surface area contributed by atoms with E-state index in [2.05, 4.69) is 10.3 Å². The molecular weight excluding hydrogens is 420 g/mol. The van der Waals surface area contributed by atoms with Gasteiger partial charge < -0.3 is 19.2 Å². The lowest BCUT2D eigenvalue weighted by Gasteiger charge is -2.18. The van der Waals surface area contributed by atoms with E-state index in [1.807, 2.05) is 36.4 Å². The fourth-order valence-corrected chi connectivity index (χ4v) is 3.23. The molecule has 7 heteroatoms. The van der Waals surface area contributed by atoms with Crippen LogP contribution >= 0.6 is 0 Å². The number of rotatable bonds is 8. The summed E-state index contributed by atoms with van der Waals surface area (Å²) in [5.41, 5.74) is 2.30. The van der Waals surface area contributed by atoms with Gasteiger partial charge in [-0.15, -0.1) is 0 Å². The van der Waals surface area contributed by atoms with Gasteiger partial charge in [-0.25, -0.2) is 4.98 Å². The number of benzene rings is 3. The van der Waals surface area contributed by atoms with Crippen LogP contribution in [0.4, 0.5) is 5.69 Å². The zero-order chi connectivity index (χ0) is 23.0. The minimum absolute atomic E-state index is 0.133. The van der Waals surface area contributed by atoms with Gasteiger partial charge in [-0.3, -0.25) is 9.59 Å². The van der Waals surface area contributed by atoms with Crippen molar-refractivity contribution in [2.75, 3.05) is 12.4 Å². The lowest BCUT2D eigenvalue weighted by atomic mass is 10.1. The highest BCUT2D eigenvalue weighted by molar-refractivity contribution is 5.96. The van der Waals surface area contributed by atoms with Crippen molar-refractivity contribution >= 4 is 17.6 Å². The van der Waals surface area contributed by atoms with Crippen LogP contribution in [-0.4, -0.2) is 24.0 Å². The van der Waals surface area contributed by atoms with E-state index in [1.54, 1.807) is 55.6 Å². The molecule has 0 saturated carbocycles. The van der Waals surface area contributed by atoms with E-state index in [0.717, 1.165) is 5.56 Å². The molecule has 0 aliphatic heterocycles. The van der Waals surface area contributed by atoms with Gasteiger partial charge >= 0.3 is 5.97 Å². The van der Waals surface area contributed by atoms with Crippen molar-refractivity contribution in [3.05, 3.63) is 102 Å². The first kappa shape index (κ1) is 21.8. The van der Waals surface area contributed by atoms with Crippen LogP contribution in [0.5, 0.6) is 5.75 Å². The predicted molar refractivity (Wildman–Crippen MR) is 123 cm³/mol. The number of anilines is 1. The summed E-state index contributed by atoms with van der Waals surface area (Å²) in [5, 5.41) is 2.78. The van der Waals surface area contributed by atoms with E-state index in [9.17, 15) is 9.59 Å². The van der Waals surface area contributed by atoms with Crippen molar-refractivity contribution in [2.45, 2.75) is 12.5 Å². The summed E-state index contributed by atoms with van der Waals surface area (Å²) in [6.07, 6.45) is 0.147. The van der Waals surface area contributed by atoms with Gasteiger partial charge in [0.2, 0.25) is 12.0 Å². The van der Waals surface area contributed by atoms with Gasteiger partial charge in [0.25, 0.3) is 5.91 Å². The van der Waals surface area contributed by atoms with E-state index in [-0.39, 0.29) is 6.42 Å². The molecule has 1 unspecified atom stereocenters. The van der Waals surface area contributed by atoms with Crippen LogP contribution in [0.1, 0.15) is 17.4 Å². The Morgan fingerprint density at radius 3 is 2.42 bits per heavy atom. The first-order valence-electron chi connectivity index (χ1n) is 10.3. The number of aromatic nitrogens is 1. The Balaban J connectivity index is 1.48. The summed E-state index contributed by atoms with van der Waals surface area (Å²) in [5.74, 6) is -0.0689. The number of oxazole rings is 1. The highest BCUT2D eigenvalue weighted by atomic mass is 16.5. The average Bonchev–Trinajstić information content (AvgIpc) is 3.32. The highest BCUT2D eigenvalue weighted by Crippen LogP contribution is 2.23. The Kier molecular flexibility index (Phi) is 6.80. The van der Waals surface area contributed by atoms with Crippen LogP contribution in [0.15, 0.2) is 95.6 Å². The van der Waals surface area contributed by atoms with E-state index in [1.165, 1.54) is 6.26 Å². The second-order valence-corrected chi connectivity index (χ2v) is 7.19. The third-order valence-corrected chi connectivity index (χ3v) is 4.82. The Morgan fingerprint density at radius 2 is 1.70 bits per heavy atom. The van der Waals surface area contributed by atoms with E-state index < -0.39 is 18.0 Å². The summed E-state index contributed by atoms with van der Waals surface area (Å²) < 4.78 is 16.3. The van der Waals surface area contributed by atoms with Crippen LogP contribution in [0.25, 0.3) is 11.5 Å². The largest absolute Gasteiger partial charge is 0.497 e. The lowest BCUT2D eigenvalue weighted by Crippen LogP contribution is -2.26. The average molecular weight is 442 g/mol. The molecule has 1 atom stereocenters. The van der Waals surface area contributed by atoms with E-state index in [4.69, 9.17) is 13.9 Å². The molecule has 3 aromatic carbocycles. The Morgan fingerprint density at radius 1 is 0.970 bits per heavy atom. The van der Waals surface area contributed by atoms with Gasteiger partial charge in [0, 0.05) is 22.9 Å². The molecule has 1 amide bonds. The van der Waals surface area contributed by atoms with Crippen LogP contribution in [0, 0.1) is 0 Å². The van der Waals surface area contributed by atoms with Gasteiger partial charge in [-0.2, -0.15) is 0 Å². The van der Waals surface area contributed by atoms with Gasteiger partial charge in [-0.05, 0) is 24.3 Å². The highest BCUT2D eigenvalue weighted by Gasteiger charge is 2.26. The van der Waals surface area contributed by atoms with Crippen molar-refractivity contribution in [2.24, 2.45) is 0 Å². The molecule has 0 aliphatic carbocycles. The molecule has 0 spiro atoms. The number of methoxy groups -OCH3 is 1. The van der Waals surface area contributed by atoms with Crippen molar-refractivity contribution in [1.82, 2.24) is 4.98 Å². The Bertz CT molecular complexity index is 1220. The second-order valence-electron chi connectivity index (χ2n) is 7.19. The molecule has 0 fully saturated rings. The summed E-state index contributed by atoms with van der Waals surface area (Å²) in [6.45, 7) is 0. The third-order valence-electron chi connectivity index (χ3n) is 4.82. The number of hydrogen-bond donors (Lipinski definition) is 1. The van der Waals surface area contributed by atoms with Gasteiger partial charge in [0.15, 0.2) is 0 Å². The smallest absolute Gasteiger partial charge is 0.313 e. The minimum Gasteiger partial charge on any atom is -0.497 e. The maximum Gasteiger partial charge on any atom is 0.313 e. The third kappa shape index (κ3) is 5.65. The molecule has 0 radical (unpaired) electrons. The molecule has 0 bridgehead atoms. The molecule has 0 saturated heterocycles. The second kappa shape index (κ2) is 10.3. The number of esters is 1. The molecule has 33 heavy (non-hydrogen) atoms. The SMILES string of the molecule is COc1cccc(NC(=O)C(OC(=O)Cc2coc(-c3ccccc3)n2)c2ccccc2)c1. The maximum atomic E-state index is 13.0. The lowest BCUT2D eigenvalue weighted by molar-refractivity contribution is -0.154. The van der Waals surface area contributed by atoms with Gasteiger partial charge in [0.05, 0.1) is 19.2 Å². The maximum absolute atomic E-state index is 13.0. The molecule has 1 N–H and O–H groups in total. The van der Waals surface area contributed by atoms with Crippen LogP contribution in [0.2, 0.25) is 0 Å². The molecular formula is C26H22N2O5. The van der Waals surface area contributed by atoms with E-state index in [0.29, 0.717) is 28.6 Å². The molecule has 0 aliphatic rings. The normalized spacial score (nSPS) is 11.4.